The maximum atomic E-state index is 10.7. The van der Waals surface area contributed by atoms with E-state index in [2.05, 4.69) is 0 Å². The largest absolute Gasteiger partial charge is 0.379 e. The number of hydrogen-bond donors (Lipinski definition) is 0. The number of benzene rings is 1. The summed E-state index contributed by atoms with van der Waals surface area (Å²) in [5, 5.41) is 0. The van der Waals surface area contributed by atoms with Crippen LogP contribution in [0.5, 0.6) is 0 Å². The number of halogens is 4. The molecule has 0 unspecified atom stereocenters. The van der Waals surface area contributed by atoms with Crippen LogP contribution in [0, 0.1) is 6.92 Å². The summed E-state index contributed by atoms with van der Waals surface area (Å²) in [5.41, 5.74) is 1.01. The van der Waals surface area contributed by atoms with Crippen molar-refractivity contribution in [2.75, 3.05) is 0 Å². The zero-order valence-electron chi connectivity index (χ0n) is 7.62. The molecule has 0 aromatic heterocycles. The molecule has 86 valence electrons. The molecular formula is C8H8ClF3O2S. The summed E-state index contributed by atoms with van der Waals surface area (Å²) in [4.78, 5) is 0.143. The Labute approximate surface area is 90.1 Å². The quantitative estimate of drug-likeness (QED) is 0.727. The molecule has 0 aliphatic rings. The van der Waals surface area contributed by atoms with Crippen molar-refractivity contribution < 1.29 is 21.6 Å². The lowest BCUT2D eigenvalue weighted by Gasteiger charge is -1.94. The highest BCUT2D eigenvalue weighted by molar-refractivity contribution is 8.13. The molecule has 0 spiro atoms. The molecule has 0 heterocycles. The molecule has 0 N–H and O–H groups in total. The Hall–Kier alpha value is -0.750. The van der Waals surface area contributed by atoms with Gasteiger partial charge in [0.25, 0.3) is 9.05 Å². The van der Waals surface area contributed by atoms with Crippen LogP contribution >= 0.6 is 10.7 Å². The second-order valence-electron chi connectivity index (χ2n) is 2.50. The van der Waals surface area contributed by atoms with Gasteiger partial charge in [0.05, 0.1) is 4.90 Å². The van der Waals surface area contributed by atoms with E-state index in [1.165, 1.54) is 12.1 Å². The Kier molecular flexibility index (Phi) is 5.67. The van der Waals surface area contributed by atoms with Gasteiger partial charge in [-0.2, -0.15) is 13.2 Å². The van der Waals surface area contributed by atoms with Gasteiger partial charge in [0.2, 0.25) is 0 Å². The number of aryl methyl sites for hydroxylation is 1. The van der Waals surface area contributed by atoms with E-state index in [9.17, 15) is 21.6 Å². The Morgan fingerprint density at radius 3 is 1.73 bits per heavy atom. The Morgan fingerprint density at radius 2 is 1.47 bits per heavy atom. The van der Waals surface area contributed by atoms with Crippen molar-refractivity contribution >= 4 is 19.7 Å². The van der Waals surface area contributed by atoms with Crippen molar-refractivity contribution in [2.24, 2.45) is 0 Å². The molecular weight excluding hydrogens is 253 g/mol. The SMILES string of the molecule is Cc1ccc(S(=O)(=O)Cl)cc1.FC(F)F. The molecule has 0 aliphatic carbocycles. The molecule has 0 atom stereocenters. The maximum Gasteiger partial charge on any atom is 0.379 e. The van der Waals surface area contributed by atoms with Gasteiger partial charge in [0, 0.05) is 10.7 Å². The lowest BCUT2D eigenvalue weighted by atomic mass is 10.2. The van der Waals surface area contributed by atoms with Crippen LogP contribution in [-0.4, -0.2) is 15.1 Å². The lowest BCUT2D eigenvalue weighted by molar-refractivity contribution is 0.00819. The summed E-state index contributed by atoms with van der Waals surface area (Å²) < 4.78 is 50.4. The van der Waals surface area contributed by atoms with Gasteiger partial charge in [0.15, 0.2) is 0 Å². The van der Waals surface area contributed by atoms with E-state index in [0.717, 1.165) is 5.56 Å². The van der Waals surface area contributed by atoms with Crippen molar-refractivity contribution in [3.63, 3.8) is 0 Å². The van der Waals surface area contributed by atoms with Crippen LogP contribution in [0.4, 0.5) is 13.2 Å². The van der Waals surface area contributed by atoms with Crippen LogP contribution < -0.4 is 0 Å². The molecule has 0 fully saturated rings. The third-order valence-electron chi connectivity index (χ3n) is 1.30. The van der Waals surface area contributed by atoms with Crippen molar-refractivity contribution in [2.45, 2.75) is 18.5 Å². The van der Waals surface area contributed by atoms with Crippen LogP contribution in [0.1, 0.15) is 5.56 Å². The summed E-state index contributed by atoms with van der Waals surface area (Å²) in [6.45, 7) is -1.79. The van der Waals surface area contributed by atoms with E-state index in [1.54, 1.807) is 12.1 Å². The third kappa shape index (κ3) is 7.21. The van der Waals surface area contributed by atoms with Gasteiger partial charge in [-0.25, -0.2) is 8.42 Å². The first-order valence-corrected chi connectivity index (χ1v) is 5.98. The minimum Gasteiger partial charge on any atom is -0.207 e. The second kappa shape index (κ2) is 5.97. The zero-order chi connectivity index (χ0) is 12.1. The van der Waals surface area contributed by atoms with Crippen LogP contribution in [-0.2, 0) is 9.05 Å². The first-order valence-electron chi connectivity index (χ1n) is 3.67. The summed E-state index contributed by atoms with van der Waals surface area (Å²) >= 11 is 0. The van der Waals surface area contributed by atoms with Gasteiger partial charge in [0.1, 0.15) is 0 Å². The van der Waals surface area contributed by atoms with Gasteiger partial charge in [-0.1, -0.05) is 17.7 Å². The molecule has 0 saturated heterocycles. The molecule has 7 heteroatoms. The van der Waals surface area contributed by atoms with Gasteiger partial charge in [-0.3, -0.25) is 0 Å². The summed E-state index contributed by atoms with van der Waals surface area (Å²) in [6.07, 6.45) is 0. The topological polar surface area (TPSA) is 34.1 Å². The molecule has 0 bridgehead atoms. The van der Waals surface area contributed by atoms with Crippen LogP contribution in [0.3, 0.4) is 0 Å². The Morgan fingerprint density at radius 1 is 1.13 bits per heavy atom. The maximum absolute atomic E-state index is 10.7. The summed E-state index contributed by atoms with van der Waals surface area (Å²) in [7, 11) is 1.54. The van der Waals surface area contributed by atoms with Crippen molar-refractivity contribution in [3.8, 4) is 0 Å². The minimum absolute atomic E-state index is 0.143. The number of alkyl halides is 3. The molecule has 1 aromatic carbocycles. The number of hydrogen-bond acceptors (Lipinski definition) is 2. The molecule has 0 saturated carbocycles. The monoisotopic (exact) mass is 260 g/mol. The first kappa shape index (κ1) is 14.2. The molecule has 2 nitrogen and oxygen atoms in total. The average Bonchev–Trinajstić information content (AvgIpc) is 2.01. The van der Waals surface area contributed by atoms with Crippen LogP contribution in [0.2, 0.25) is 0 Å². The molecule has 15 heavy (non-hydrogen) atoms. The van der Waals surface area contributed by atoms with E-state index >= 15 is 0 Å². The van der Waals surface area contributed by atoms with E-state index in [0.29, 0.717) is 0 Å². The first-order chi connectivity index (χ1) is 6.73. The van der Waals surface area contributed by atoms with Gasteiger partial charge in [-0.15, -0.1) is 0 Å². The van der Waals surface area contributed by atoms with Crippen molar-refractivity contribution in [1.82, 2.24) is 0 Å². The molecule has 1 rings (SSSR count). The predicted molar refractivity (Wildman–Crippen MR) is 51.3 cm³/mol. The predicted octanol–water partition coefficient (Wildman–Crippen LogP) is 3.10. The van der Waals surface area contributed by atoms with Gasteiger partial charge < -0.3 is 0 Å². The van der Waals surface area contributed by atoms with E-state index < -0.39 is 15.7 Å². The smallest absolute Gasteiger partial charge is 0.207 e. The zero-order valence-corrected chi connectivity index (χ0v) is 9.20. The molecule has 0 aliphatic heterocycles. The highest BCUT2D eigenvalue weighted by atomic mass is 35.7. The van der Waals surface area contributed by atoms with Crippen molar-refractivity contribution in [3.05, 3.63) is 29.8 Å². The normalized spacial score (nSPS) is 10.8. The van der Waals surface area contributed by atoms with Gasteiger partial charge >= 0.3 is 6.68 Å². The second-order valence-corrected chi connectivity index (χ2v) is 5.06. The molecule has 1 aromatic rings. The Balaban J connectivity index is 0.000000423. The highest BCUT2D eigenvalue weighted by Gasteiger charge is 2.07. The highest BCUT2D eigenvalue weighted by Crippen LogP contribution is 2.14. The standard InChI is InChI=1S/C7H7ClO2S.CHF3/c1-6-2-4-7(5-3-6)11(8,9)10;2-1(3)4/h2-5H,1H3;1H. The summed E-state index contributed by atoms with van der Waals surface area (Å²) in [5.74, 6) is 0. The lowest BCUT2D eigenvalue weighted by Crippen LogP contribution is -1.89. The van der Waals surface area contributed by atoms with Crippen LogP contribution in [0.25, 0.3) is 0 Å². The van der Waals surface area contributed by atoms with Crippen molar-refractivity contribution in [1.29, 1.82) is 0 Å². The van der Waals surface area contributed by atoms with Gasteiger partial charge in [-0.05, 0) is 19.1 Å². The fourth-order valence-corrected chi connectivity index (χ4v) is 1.47. The van der Waals surface area contributed by atoms with E-state index in [-0.39, 0.29) is 4.90 Å². The fraction of sp³-hybridized carbons (Fsp3) is 0.250. The van der Waals surface area contributed by atoms with E-state index in [4.69, 9.17) is 10.7 Å². The molecule has 0 amide bonds. The third-order valence-corrected chi connectivity index (χ3v) is 2.67. The Bertz CT molecular complexity index is 386. The van der Waals surface area contributed by atoms with Crippen LogP contribution in [0.15, 0.2) is 29.2 Å². The fourth-order valence-electron chi connectivity index (χ4n) is 0.701. The van der Waals surface area contributed by atoms with E-state index in [1.807, 2.05) is 6.92 Å². The average molecular weight is 261 g/mol. The minimum atomic E-state index is -3.67. The summed E-state index contributed by atoms with van der Waals surface area (Å²) in [6, 6.07) is 6.37. The molecule has 0 radical (unpaired) electrons. The number of rotatable bonds is 1.